The van der Waals surface area contributed by atoms with Gasteiger partial charge in [0.2, 0.25) is 0 Å². The Morgan fingerprint density at radius 1 is 1.47 bits per heavy atom. The molecule has 1 aromatic heterocycles. The monoisotopic (exact) mass is 279 g/mol. The highest BCUT2D eigenvalue weighted by Crippen LogP contribution is 2.19. The van der Waals surface area contributed by atoms with Gasteiger partial charge in [0.15, 0.2) is 5.82 Å². The van der Waals surface area contributed by atoms with Crippen molar-refractivity contribution in [1.29, 1.82) is 0 Å². The van der Waals surface area contributed by atoms with Crippen molar-refractivity contribution in [3.63, 3.8) is 0 Å². The van der Waals surface area contributed by atoms with Crippen LogP contribution in [0, 0.1) is 6.92 Å². The summed E-state index contributed by atoms with van der Waals surface area (Å²) in [6, 6.07) is 4.95. The molecule has 0 bridgehead atoms. The molecule has 0 unspecified atom stereocenters. The number of tetrazole rings is 1. The van der Waals surface area contributed by atoms with Gasteiger partial charge in [-0.05, 0) is 42.0 Å². The van der Waals surface area contributed by atoms with Gasteiger partial charge in [-0.1, -0.05) is 17.7 Å². The van der Waals surface area contributed by atoms with Crippen LogP contribution in [0.5, 0.6) is 0 Å². The van der Waals surface area contributed by atoms with Crippen molar-refractivity contribution in [2.24, 2.45) is 7.05 Å². The minimum absolute atomic E-state index is 0.199. The summed E-state index contributed by atoms with van der Waals surface area (Å²) in [6.07, 6.45) is 0. The lowest BCUT2D eigenvalue weighted by Gasteiger charge is -2.13. The summed E-state index contributed by atoms with van der Waals surface area (Å²) in [7, 11) is 1.72. The van der Waals surface area contributed by atoms with Gasteiger partial charge in [0.25, 0.3) is 5.91 Å². The molecule has 0 aliphatic carbocycles. The molecule has 0 saturated heterocycles. The minimum atomic E-state index is -0.286. The molecule has 1 amide bonds. The van der Waals surface area contributed by atoms with Crippen LogP contribution in [0.2, 0.25) is 5.02 Å². The van der Waals surface area contributed by atoms with E-state index in [4.69, 9.17) is 11.6 Å². The third kappa shape index (κ3) is 2.73. The molecule has 0 aliphatic rings. The van der Waals surface area contributed by atoms with Crippen LogP contribution in [-0.2, 0) is 7.05 Å². The highest BCUT2D eigenvalue weighted by molar-refractivity contribution is 6.31. The number of amides is 1. The van der Waals surface area contributed by atoms with E-state index >= 15 is 0 Å². The first-order valence-electron chi connectivity index (χ1n) is 5.79. The SMILES string of the molecule is Cc1c(Cl)cccc1C(=O)N[C@@H](C)c1nnnn1C. The van der Waals surface area contributed by atoms with Crippen molar-refractivity contribution in [3.05, 3.63) is 40.2 Å². The van der Waals surface area contributed by atoms with E-state index < -0.39 is 0 Å². The molecular weight excluding hydrogens is 266 g/mol. The number of halogens is 1. The van der Waals surface area contributed by atoms with Gasteiger partial charge in [-0.2, -0.15) is 0 Å². The van der Waals surface area contributed by atoms with Crippen molar-refractivity contribution in [3.8, 4) is 0 Å². The molecule has 100 valence electrons. The lowest BCUT2D eigenvalue weighted by Crippen LogP contribution is -2.29. The number of nitrogens with zero attached hydrogens (tertiary/aromatic N) is 4. The van der Waals surface area contributed by atoms with Gasteiger partial charge in [0.05, 0.1) is 6.04 Å². The van der Waals surface area contributed by atoms with E-state index in [1.165, 1.54) is 4.68 Å². The summed E-state index contributed by atoms with van der Waals surface area (Å²) in [5.41, 5.74) is 1.31. The highest BCUT2D eigenvalue weighted by Gasteiger charge is 2.17. The van der Waals surface area contributed by atoms with Crippen LogP contribution in [0.4, 0.5) is 0 Å². The molecule has 0 aliphatic heterocycles. The number of carbonyl (C=O) groups excluding carboxylic acids is 1. The second kappa shape index (κ2) is 5.36. The molecule has 0 radical (unpaired) electrons. The maximum Gasteiger partial charge on any atom is 0.252 e. The van der Waals surface area contributed by atoms with E-state index in [2.05, 4.69) is 20.8 Å². The second-order valence-electron chi connectivity index (χ2n) is 4.27. The molecule has 1 heterocycles. The van der Waals surface area contributed by atoms with E-state index in [0.717, 1.165) is 5.56 Å². The summed E-state index contributed by atoms with van der Waals surface area (Å²) in [4.78, 5) is 12.2. The number of benzene rings is 1. The van der Waals surface area contributed by atoms with Crippen molar-refractivity contribution < 1.29 is 4.79 Å². The highest BCUT2D eigenvalue weighted by atomic mass is 35.5. The Morgan fingerprint density at radius 2 is 2.21 bits per heavy atom. The molecular formula is C12H14ClN5O. The van der Waals surface area contributed by atoms with Crippen LogP contribution in [0.1, 0.15) is 34.7 Å². The predicted octanol–water partition coefficient (Wildman–Crippen LogP) is 1.66. The normalized spacial score (nSPS) is 12.2. The first kappa shape index (κ1) is 13.5. The molecule has 0 spiro atoms. The molecule has 0 fully saturated rings. The van der Waals surface area contributed by atoms with Crippen LogP contribution in [-0.4, -0.2) is 26.1 Å². The molecule has 2 aromatic rings. The largest absolute Gasteiger partial charge is 0.342 e. The topological polar surface area (TPSA) is 72.7 Å². The molecule has 7 heteroatoms. The van der Waals surface area contributed by atoms with E-state index in [-0.39, 0.29) is 11.9 Å². The summed E-state index contributed by atoms with van der Waals surface area (Å²) in [5.74, 6) is 0.392. The van der Waals surface area contributed by atoms with Crippen LogP contribution in [0.15, 0.2) is 18.2 Å². The van der Waals surface area contributed by atoms with Gasteiger partial charge in [-0.25, -0.2) is 4.68 Å². The smallest absolute Gasteiger partial charge is 0.252 e. The average molecular weight is 280 g/mol. The number of rotatable bonds is 3. The second-order valence-corrected chi connectivity index (χ2v) is 4.68. The molecule has 1 atom stereocenters. The summed E-state index contributed by atoms with van der Waals surface area (Å²) in [5, 5.41) is 14.6. The molecule has 2 rings (SSSR count). The van der Waals surface area contributed by atoms with E-state index in [0.29, 0.717) is 16.4 Å². The molecule has 0 saturated carbocycles. The average Bonchev–Trinajstić information content (AvgIpc) is 2.79. The van der Waals surface area contributed by atoms with Gasteiger partial charge in [0, 0.05) is 17.6 Å². The van der Waals surface area contributed by atoms with Gasteiger partial charge >= 0.3 is 0 Å². The maximum absolute atomic E-state index is 12.2. The van der Waals surface area contributed by atoms with Crippen molar-refractivity contribution in [1.82, 2.24) is 25.5 Å². The Balaban J connectivity index is 2.18. The Bertz CT molecular complexity index is 610. The van der Waals surface area contributed by atoms with E-state index in [1.54, 1.807) is 25.2 Å². The van der Waals surface area contributed by atoms with Crippen LogP contribution in [0.3, 0.4) is 0 Å². The summed E-state index contributed by atoms with van der Waals surface area (Å²) < 4.78 is 1.52. The standard InChI is InChI=1S/C12H14ClN5O/c1-7-9(5-4-6-10(7)13)12(19)14-8(2)11-15-16-17-18(11)3/h4-6,8H,1-3H3,(H,14,19)/t8-/m0/s1. The Morgan fingerprint density at radius 3 is 2.84 bits per heavy atom. The lowest BCUT2D eigenvalue weighted by molar-refractivity contribution is 0.0937. The van der Waals surface area contributed by atoms with E-state index in [9.17, 15) is 4.79 Å². The Labute approximate surface area is 115 Å². The molecule has 19 heavy (non-hydrogen) atoms. The van der Waals surface area contributed by atoms with Crippen LogP contribution < -0.4 is 5.32 Å². The molecule has 1 aromatic carbocycles. The fourth-order valence-corrected chi connectivity index (χ4v) is 1.97. The third-order valence-electron chi connectivity index (χ3n) is 2.90. The van der Waals surface area contributed by atoms with Crippen molar-refractivity contribution >= 4 is 17.5 Å². The first-order valence-corrected chi connectivity index (χ1v) is 6.16. The first-order chi connectivity index (χ1) is 9.00. The maximum atomic E-state index is 12.2. The number of aryl methyl sites for hydroxylation is 1. The van der Waals surface area contributed by atoms with Crippen LogP contribution in [0.25, 0.3) is 0 Å². The Hall–Kier alpha value is -1.95. The zero-order chi connectivity index (χ0) is 14.0. The number of nitrogens with one attached hydrogen (secondary N) is 1. The molecule has 1 N–H and O–H groups in total. The van der Waals surface area contributed by atoms with E-state index in [1.807, 2.05) is 13.8 Å². The van der Waals surface area contributed by atoms with Crippen LogP contribution >= 0.6 is 11.6 Å². The summed E-state index contributed by atoms with van der Waals surface area (Å²) in [6.45, 7) is 3.63. The minimum Gasteiger partial charge on any atom is -0.342 e. The number of carbonyl (C=O) groups is 1. The van der Waals surface area contributed by atoms with Crippen molar-refractivity contribution in [2.75, 3.05) is 0 Å². The fourth-order valence-electron chi connectivity index (χ4n) is 1.80. The van der Waals surface area contributed by atoms with Gasteiger partial charge in [0.1, 0.15) is 0 Å². The quantitative estimate of drug-likeness (QED) is 0.927. The zero-order valence-corrected chi connectivity index (χ0v) is 11.6. The van der Waals surface area contributed by atoms with Crippen molar-refractivity contribution in [2.45, 2.75) is 19.9 Å². The predicted molar refractivity (Wildman–Crippen MR) is 70.9 cm³/mol. The number of hydrogen-bond acceptors (Lipinski definition) is 4. The molecule has 6 nitrogen and oxygen atoms in total. The van der Waals surface area contributed by atoms with Gasteiger partial charge < -0.3 is 5.32 Å². The summed E-state index contributed by atoms with van der Waals surface area (Å²) >= 11 is 6.00. The lowest BCUT2D eigenvalue weighted by atomic mass is 10.1. The number of hydrogen-bond donors (Lipinski definition) is 1. The zero-order valence-electron chi connectivity index (χ0n) is 10.9. The number of aromatic nitrogens is 4. The fraction of sp³-hybridized carbons (Fsp3) is 0.333. The van der Waals surface area contributed by atoms with Gasteiger partial charge in [-0.15, -0.1) is 5.10 Å². The Kier molecular flexibility index (Phi) is 3.80. The third-order valence-corrected chi connectivity index (χ3v) is 3.31. The van der Waals surface area contributed by atoms with Gasteiger partial charge in [-0.3, -0.25) is 4.79 Å².